The highest BCUT2D eigenvalue weighted by atomic mass is 16.3. The molecule has 4 nitrogen and oxygen atoms in total. The monoisotopic (exact) mass is 378 g/mol. The lowest BCUT2D eigenvalue weighted by Crippen LogP contribution is -2.45. The summed E-state index contributed by atoms with van der Waals surface area (Å²) in [5, 5.41) is 0. The molecular weight excluding hydrogens is 348 g/mol. The number of carbonyl (C=O) groups is 1. The molecule has 2 aliphatic rings. The first-order valence-corrected chi connectivity index (χ1v) is 10.5. The van der Waals surface area contributed by atoms with E-state index in [-0.39, 0.29) is 5.91 Å². The fraction of sp³-hybridized carbons (Fsp3) is 0.458. The molecule has 0 bridgehead atoms. The second-order valence-corrected chi connectivity index (χ2v) is 8.33. The van der Waals surface area contributed by atoms with Gasteiger partial charge in [-0.2, -0.15) is 0 Å². The van der Waals surface area contributed by atoms with Gasteiger partial charge in [0.2, 0.25) is 5.91 Å². The van der Waals surface area contributed by atoms with Crippen molar-refractivity contribution < 1.29 is 9.21 Å². The summed E-state index contributed by atoms with van der Waals surface area (Å²) in [4.78, 5) is 17.2. The van der Waals surface area contributed by atoms with Gasteiger partial charge in [-0.1, -0.05) is 30.3 Å². The van der Waals surface area contributed by atoms with Crippen LogP contribution in [0.2, 0.25) is 0 Å². The Morgan fingerprint density at radius 1 is 1.07 bits per heavy atom. The van der Waals surface area contributed by atoms with E-state index in [1.165, 1.54) is 31.4 Å². The Bertz CT molecular complexity index is 784. The zero-order chi connectivity index (χ0) is 19.2. The normalized spacial score (nSPS) is 23.1. The number of likely N-dealkylation sites (tertiary alicyclic amines) is 2. The van der Waals surface area contributed by atoms with E-state index in [1.807, 2.05) is 17.0 Å². The average molecular weight is 379 g/mol. The minimum atomic E-state index is 0.106. The second-order valence-electron chi connectivity index (χ2n) is 8.33. The Morgan fingerprint density at radius 2 is 1.96 bits per heavy atom. The Kier molecular flexibility index (Phi) is 5.96. The van der Waals surface area contributed by atoms with Gasteiger partial charge in [-0.3, -0.25) is 4.79 Å². The molecule has 0 radical (unpaired) electrons. The number of carbonyl (C=O) groups excluding carboxylic acids is 1. The van der Waals surface area contributed by atoms with Crippen LogP contribution in [-0.2, 0) is 11.2 Å². The van der Waals surface area contributed by atoms with Crippen LogP contribution in [0.3, 0.4) is 0 Å². The summed E-state index contributed by atoms with van der Waals surface area (Å²) in [7, 11) is 0. The number of furan rings is 1. The predicted molar refractivity (Wildman–Crippen MR) is 112 cm³/mol. The first kappa shape index (κ1) is 19.0. The molecule has 1 amide bonds. The average Bonchev–Trinajstić information content (AvgIpc) is 3.38. The van der Waals surface area contributed by atoms with Gasteiger partial charge in [-0.05, 0) is 69.0 Å². The van der Waals surface area contributed by atoms with Crippen LogP contribution in [0.1, 0.15) is 37.0 Å². The summed E-state index contributed by atoms with van der Waals surface area (Å²) in [6.45, 7) is 5.25. The van der Waals surface area contributed by atoms with E-state index in [4.69, 9.17) is 4.42 Å². The number of hydrogen-bond acceptors (Lipinski definition) is 3. The van der Waals surface area contributed by atoms with Gasteiger partial charge < -0.3 is 14.2 Å². The lowest BCUT2D eigenvalue weighted by molar-refractivity contribution is -0.125. The molecular formula is C24H30N2O2. The Morgan fingerprint density at radius 3 is 2.79 bits per heavy atom. The summed E-state index contributed by atoms with van der Waals surface area (Å²) in [5.74, 6) is 0.832. The van der Waals surface area contributed by atoms with Crippen LogP contribution < -0.4 is 0 Å². The van der Waals surface area contributed by atoms with Crippen LogP contribution in [0.15, 0.2) is 59.2 Å². The SMILES string of the molecule is O=C(C=Cc1ccco1)N1CCC2(CCCN(CCCc3ccccc3)C2)C1. The van der Waals surface area contributed by atoms with Gasteiger partial charge >= 0.3 is 0 Å². The molecule has 3 heterocycles. The molecule has 148 valence electrons. The molecule has 0 aliphatic carbocycles. The summed E-state index contributed by atoms with van der Waals surface area (Å²) in [6.07, 6.45) is 11.0. The van der Waals surface area contributed by atoms with Crippen LogP contribution in [0, 0.1) is 5.41 Å². The van der Waals surface area contributed by atoms with Crippen molar-refractivity contribution in [2.75, 3.05) is 32.7 Å². The summed E-state index contributed by atoms with van der Waals surface area (Å²) < 4.78 is 5.28. The molecule has 1 spiro atoms. The number of benzene rings is 1. The fourth-order valence-corrected chi connectivity index (χ4v) is 4.75. The van der Waals surface area contributed by atoms with Crippen molar-refractivity contribution in [2.24, 2.45) is 5.41 Å². The van der Waals surface area contributed by atoms with Crippen LogP contribution in [0.5, 0.6) is 0 Å². The molecule has 1 aromatic heterocycles. The van der Waals surface area contributed by atoms with Crippen LogP contribution in [-0.4, -0.2) is 48.4 Å². The number of amides is 1. The minimum Gasteiger partial charge on any atom is -0.465 e. The number of rotatable bonds is 6. The van der Waals surface area contributed by atoms with E-state index in [2.05, 4.69) is 35.2 Å². The molecule has 2 fully saturated rings. The van der Waals surface area contributed by atoms with E-state index in [9.17, 15) is 4.79 Å². The van der Waals surface area contributed by atoms with Gasteiger partial charge in [0.25, 0.3) is 0 Å². The first-order valence-electron chi connectivity index (χ1n) is 10.5. The molecule has 4 heteroatoms. The zero-order valence-electron chi connectivity index (χ0n) is 16.6. The van der Waals surface area contributed by atoms with E-state index in [0.717, 1.165) is 44.8 Å². The third-order valence-corrected chi connectivity index (χ3v) is 6.21. The molecule has 2 aromatic rings. The maximum Gasteiger partial charge on any atom is 0.246 e. The Hall–Kier alpha value is -2.33. The van der Waals surface area contributed by atoms with Crippen molar-refractivity contribution in [2.45, 2.75) is 32.1 Å². The largest absolute Gasteiger partial charge is 0.465 e. The van der Waals surface area contributed by atoms with Crippen molar-refractivity contribution >= 4 is 12.0 Å². The minimum absolute atomic E-state index is 0.106. The maximum absolute atomic E-state index is 12.6. The quantitative estimate of drug-likeness (QED) is 0.706. The maximum atomic E-state index is 12.6. The molecule has 0 saturated carbocycles. The molecule has 0 N–H and O–H groups in total. The highest BCUT2D eigenvalue weighted by molar-refractivity contribution is 5.91. The summed E-state index contributed by atoms with van der Waals surface area (Å²) >= 11 is 0. The number of aryl methyl sites for hydroxylation is 1. The molecule has 28 heavy (non-hydrogen) atoms. The van der Waals surface area contributed by atoms with Crippen LogP contribution in [0.25, 0.3) is 6.08 Å². The predicted octanol–water partition coefficient (Wildman–Crippen LogP) is 4.24. The Labute approximate surface area is 167 Å². The van der Waals surface area contributed by atoms with Gasteiger partial charge in [0, 0.05) is 31.1 Å². The molecule has 2 saturated heterocycles. The highest BCUT2D eigenvalue weighted by Gasteiger charge is 2.42. The van der Waals surface area contributed by atoms with Gasteiger partial charge in [0.1, 0.15) is 5.76 Å². The van der Waals surface area contributed by atoms with Crippen molar-refractivity contribution in [3.05, 3.63) is 66.1 Å². The van der Waals surface area contributed by atoms with Gasteiger partial charge in [0.05, 0.1) is 6.26 Å². The van der Waals surface area contributed by atoms with E-state index >= 15 is 0 Å². The van der Waals surface area contributed by atoms with Crippen molar-refractivity contribution in [3.8, 4) is 0 Å². The van der Waals surface area contributed by atoms with E-state index in [1.54, 1.807) is 18.4 Å². The van der Waals surface area contributed by atoms with Gasteiger partial charge in [0.15, 0.2) is 0 Å². The molecule has 1 atom stereocenters. The lowest BCUT2D eigenvalue weighted by Gasteiger charge is -2.40. The number of piperidine rings is 1. The molecule has 4 rings (SSSR count). The van der Waals surface area contributed by atoms with Crippen LogP contribution >= 0.6 is 0 Å². The second kappa shape index (κ2) is 8.78. The number of hydrogen-bond donors (Lipinski definition) is 0. The van der Waals surface area contributed by atoms with Gasteiger partial charge in [-0.25, -0.2) is 0 Å². The Balaban J connectivity index is 1.27. The third kappa shape index (κ3) is 4.74. The summed E-state index contributed by atoms with van der Waals surface area (Å²) in [6, 6.07) is 14.5. The van der Waals surface area contributed by atoms with Crippen molar-refractivity contribution in [1.29, 1.82) is 0 Å². The highest BCUT2D eigenvalue weighted by Crippen LogP contribution is 2.39. The van der Waals surface area contributed by atoms with Crippen molar-refractivity contribution in [3.63, 3.8) is 0 Å². The topological polar surface area (TPSA) is 36.7 Å². The number of nitrogens with zero attached hydrogens (tertiary/aromatic N) is 2. The molecule has 1 unspecified atom stereocenters. The smallest absolute Gasteiger partial charge is 0.246 e. The van der Waals surface area contributed by atoms with Crippen molar-refractivity contribution in [1.82, 2.24) is 9.80 Å². The van der Waals surface area contributed by atoms with E-state index in [0.29, 0.717) is 5.41 Å². The standard InChI is InChI=1S/C24H30N2O2/c27-23(12-11-22-10-5-18-28-22)26-17-14-24(20-26)13-6-16-25(19-24)15-4-9-21-7-2-1-3-8-21/h1-3,5,7-8,10-12,18H,4,6,9,13-17,19-20H2. The van der Waals surface area contributed by atoms with E-state index < -0.39 is 0 Å². The third-order valence-electron chi connectivity index (χ3n) is 6.21. The molecule has 2 aliphatic heterocycles. The molecule has 1 aromatic carbocycles. The first-order chi connectivity index (χ1) is 13.7. The lowest BCUT2D eigenvalue weighted by atomic mass is 9.79. The zero-order valence-corrected chi connectivity index (χ0v) is 16.6. The summed E-state index contributed by atoms with van der Waals surface area (Å²) in [5.41, 5.74) is 1.72. The van der Waals surface area contributed by atoms with Crippen LogP contribution in [0.4, 0.5) is 0 Å². The fourth-order valence-electron chi connectivity index (χ4n) is 4.75. The van der Waals surface area contributed by atoms with Gasteiger partial charge in [-0.15, -0.1) is 0 Å².